The van der Waals surface area contributed by atoms with E-state index in [0.29, 0.717) is 0 Å². The molecule has 3 rings (SSSR count). The maximum Gasteiger partial charge on any atom is 0.221 e. The Balaban J connectivity index is 1.58. The normalized spacial score (nSPS) is 14.4. The molecule has 24 heavy (non-hydrogen) atoms. The summed E-state index contributed by atoms with van der Waals surface area (Å²) in [5, 5.41) is 2.80. The summed E-state index contributed by atoms with van der Waals surface area (Å²) in [6, 6.07) is 16.3. The van der Waals surface area contributed by atoms with Crippen molar-refractivity contribution in [1.29, 1.82) is 0 Å². The molecule has 0 aliphatic carbocycles. The van der Waals surface area contributed by atoms with E-state index in [0.717, 1.165) is 37.6 Å². The van der Waals surface area contributed by atoms with Gasteiger partial charge in [-0.05, 0) is 48.5 Å². The molecule has 0 atom stereocenters. The summed E-state index contributed by atoms with van der Waals surface area (Å²) in [6.07, 6.45) is 0. The molecule has 0 spiro atoms. The molecule has 0 aromatic heterocycles. The van der Waals surface area contributed by atoms with Crippen LogP contribution >= 0.6 is 0 Å². The maximum atomic E-state index is 11.1. The number of anilines is 3. The second-order valence-electron chi connectivity index (χ2n) is 5.90. The molecule has 1 aliphatic rings. The second kappa shape index (κ2) is 7.25. The van der Waals surface area contributed by atoms with E-state index in [4.69, 9.17) is 4.74 Å². The fraction of sp³-hybridized carbons (Fsp3) is 0.316. The van der Waals surface area contributed by atoms with Crippen molar-refractivity contribution in [2.75, 3.05) is 48.4 Å². The number of ether oxygens (including phenoxy) is 1. The number of benzene rings is 2. The van der Waals surface area contributed by atoms with Crippen LogP contribution in [0.15, 0.2) is 48.5 Å². The Morgan fingerprint density at radius 3 is 1.75 bits per heavy atom. The van der Waals surface area contributed by atoms with Crippen LogP contribution in [0.4, 0.5) is 17.1 Å². The molecular weight excluding hydrogens is 302 g/mol. The van der Waals surface area contributed by atoms with Crippen LogP contribution in [0, 0.1) is 0 Å². The fourth-order valence-corrected chi connectivity index (χ4v) is 2.97. The zero-order valence-electron chi connectivity index (χ0n) is 14.2. The van der Waals surface area contributed by atoms with Gasteiger partial charge in [-0.1, -0.05) is 0 Å². The number of rotatable bonds is 4. The summed E-state index contributed by atoms with van der Waals surface area (Å²) in [7, 11) is 1.69. The van der Waals surface area contributed by atoms with Crippen molar-refractivity contribution in [3.8, 4) is 5.75 Å². The van der Waals surface area contributed by atoms with Crippen LogP contribution in [0.2, 0.25) is 0 Å². The Morgan fingerprint density at radius 2 is 1.33 bits per heavy atom. The molecule has 1 amide bonds. The molecule has 1 saturated heterocycles. The molecule has 2 aromatic rings. The van der Waals surface area contributed by atoms with E-state index >= 15 is 0 Å². The van der Waals surface area contributed by atoms with E-state index < -0.39 is 0 Å². The molecular formula is C19H23N3O2. The van der Waals surface area contributed by atoms with Crippen molar-refractivity contribution in [1.82, 2.24) is 0 Å². The molecule has 1 fully saturated rings. The molecule has 5 heteroatoms. The minimum atomic E-state index is -0.0455. The van der Waals surface area contributed by atoms with E-state index in [9.17, 15) is 4.79 Å². The first-order valence-electron chi connectivity index (χ1n) is 8.17. The standard InChI is InChI=1S/C19H23N3O2/c1-15(23)20-16-3-5-17(6-4-16)21-11-13-22(14-12-21)18-7-9-19(24-2)10-8-18/h3-10H,11-14H2,1-2H3,(H,20,23). The summed E-state index contributed by atoms with van der Waals surface area (Å²) < 4.78 is 5.21. The first-order valence-corrected chi connectivity index (χ1v) is 8.17. The Morgan fingerprint density at radius 1 is 0.875 bits per heavy atom. The van der Waals surface area contributed by atoms with E-state index in [-0.39, 0.29) is 5.91 Å². The first kappa shape index (κ1) is 16.2. The van der Waals surface area contributed by atoms with Crippen LogP contribution in [0.1, 0.15) is 6.92 Å². The van der Waals surface area contributed by atoms with Gasteiger partial charge in [-0.25, -0.2) is 0 Å². The molecule has 0 unspecified atom stereocenters. The third-order valence-corrected chi connectivity index (χ3v) is 4.27. The van der Waals surface area contributed by atoms with Crippen LogP contribution in [-0.2, 0) is 4.79 Å². The average molecular weight is 325 g/mol. The van der Waals surface area contributed by atoms with E-state index in [1.807, 2.05) is 24.3 Å². The predicted octanol–water partition coefficient (Wildman–Crippen LogP) is 2.98. The molecule has 0 radical (unpaired) electrons. The third-order valence-electron chi connectivity index (χ3n) is 4.27. The number of methoxy groups -OCH3 is 1. The van der Waals surface area contributed by atoms with Gasteiger partial charge in [0.2, 0.25) is 5.91 Å². The Kier molecular flexibility index (Phi) is 4.89. The lowest BCUT2D eigenvalue weighted by molar-refractivity contribution is -0.114. The molecule has 5 nitrogen and oxygen atoms in total. The van der Waals surface area contributed by atoms with E-state index in [1.165, 1.54) is 18.3 Å². The number of carbonyl (C=O) groups excluding carboxylic acids is 1. The molecule has 0 saturated carbocycles. The van der Waals surface area contributed by atoms with Gasteiger partial charge in [0, 0.05) is 50.2 Å². The van der Waals surface area contributed by atoms with Gasteiger partial charge in [0.15, 0.2) is 0 Å². The lowest BCUT2D eigenvalue weighted by Crippen LogP contribution is -2.46. The van der Waals surface area contributed by atoms with E-state index in [2.05, 4.69) is 39.4 Å². The molecule has 1 N–H and O–H groups in total. The van der Waals surface area contributed by atoms with Crippen LogP contribution in [0.5, 0.6) is 5.75 Å². The smallest absolute Gasteiger partial charge is 0.221 e. The molecule has 1 aliphatic heterocycles. The van der Waals surface area contributed by atoms with Crippen molar-refractivity contribution in [3.05, 3.63) is 48.5 Å². The van der Waals surface area contributed by atoms with Crippen LogP contribution < -0.4 is 19.9 Å². The summed E-state index contributed by atoms with van der Waals surface area (Å²) in [6.45, 7) is 5.45. The zero-order chi connectivity index (χ0) is 16.9. The Labute approximate surface area is 142 Å². The van der Waals surface area contributed by atoms with Crippen molar-refractivity contribution in [2.24, 2.45) is 0 Å². The number of hydrogen-bond acceptors (Lipinski definition) is 4. The minimum absolute atomic E-state index is 0.0455. The van der Waals surface area contributed by atoms with Gasteiger partial charge < -0.3 is 19.9 Å². The SMILES string of the molecule is COc1ccc(N2CCN(c3ccc(NC(C)=O)cc3)CC2)cc1. The lowest BCUT2D eigenvalue weighted by atomic mass is 10.2. The highest BCUT2D eigenvalue weighted by molar-refractivity contribution is 5.88. The van der Waals surface area contributed by atoms with Crippen LogP contribution in [-0.4, -0.2) is 39.2 Å². The number of piperazine rings is 1. The molecule has 0 bridgehead atoms. The monoisotopic (exact) mass is 325 g/mol. The van der Waals surface area contributed by atoms with Gasteiger partial charge >= 0.3 is 0 Å². The van der Waals surface area contributed by atoms with Gasteiger partial charge in [-0.2, -0.15) is 0 Å². The summed E-state index contributed by atoms with van der Waals surface area (Å²) >= 11 is 0. The number of carbonyl (C=O) groups is 1. The lowest BCUT2D eigenvalue weighted by Gasteiger charge is -2.37. The van der Waals surface area contributed by atoms with Crippen LogP contribution in [0.25, 0.3) is 0 Å². The highest BCUT2D eigenvalue weighted by atomic mass is 16.5. The van der Waals surface area contributed by atoms with Crippen molar-refractivity contribution < 1.29 is 9.53 Å². The topological polar surface area (TPSA) is 44.8 Å². The van der Waals surface area contributed by atoms with Gasteiger partial charge in [0.1, 0.15) is 5.75 Å². The summed E-state index contributed by atoms with van der Waals surface area (Å²) in [5.74, 6) is 0.840. The Bertz CT molecular complexity index is 675. The first-order chi connectivity index (χ1) is 11.7. The fourth-order valence-electron chi connectivity index (χ4n) is 2.97. The number of hydrogen-bond donors (Lipinski definition) is 1. The van der Waals surface area contributed by atoms with E-state index in [1.54, 1.807) is 7.11 Å². The van der Waals surface area contributed by atoms with Crippen molar-refractivity contribution in [2.45, 2.75) is 6.92 Å². The second-order valence-corrected chi connectivity index (χ2v) is 5.90. The number of amides is 1. The van der Waals surface area contributed by atoms with Gasteiger partial charge in [0.05, 0.1) is 7.11 Å². The van der Waals surface area contributed by atoms with Gasteiger partial charge in [-0.3, -0.25) is 4.79 Å². The minimum Gasteiger partial charge on any atom is -0.497 e. The van der Waals surface area contributed by atoms with Crippen molar-refractivity contribution in [3.63, 3.8) is 0 Å². The largest absolute Gasteiger partial charge is 0.497 e. The zero-order valence-corrected chi connectivity index (χ0v) is 14.2. The number of nitrogens with one attached hydrogen (secondary N) is 1. The molecule has 126 valence electrons. The number of nitrogens with zero attached hydrogens (tertiary/aromatic N) is 2. The predicted molar refractivity (Wildman–Crippen MR) is 98.2 cm³/mol. The quantitative estimate of drug-likeness (QED) is 0.939. The van der Waals surface area contributed by atoms with Gasteiger partial charge in [0.25, 0.3) is 0 Å². The van der Waals surface area contributed by atoms with Crippen molar-refractivity contribution >= 4 is 23.0 Å². The Hall–Kier alpha value is -2.69. The van der Waals surface area contributed by atoms with Crippen LogP contribution in [0.3, 0.4) is 0 Å². The third kappa shape index (κ3) is 3.79. The summed E-state index contributed by atoms with van der Waals surface area (Å²) in [5.41, 5.74) is 3.26. The summed E-state index contributed by atoms with van der Waals surface area (Å²) in [4.78, 5) is 15.8. The molecule has 1 heterocycles. The van der Waals surface area contributed by atoms with Gasteiger partial charge in [-0.15, -0.1) is 0 Å². The average Bonchev–Trinajstić information content (AvgIpc) is 2.62. The highest BCUT2D eigenvalue weighted by Crippen LogP contribution is 2.23. The highest BCUT2D eigenvalue weighted by Gasteiger charge is 2.17. The molecule has 2 aromatic carbocycles. The maximum absolute atomic E-state index is 11.1.